The number of carbonyl (C=O) groups is 1. The van der Waals surface area contributed by atoms with Crippen molar-refractivity contribution in [2.45, 2.75) is 47.3 Å². The normalized spacial score (nSPS) is 11.5. The first kappa shape index (κ1) is 24.4. The van der Waals surface area contributed by atoms with Crippen LogP contribution in [0.5, 0.6) is 0 Å². The van der Waals surface area contributed by atoms with Gasteiger partial charge in [-0.1, -0.05) is 13.8 Å². The van der Waals surface area contributed by atoms with Crippen molar-refractivity contribution in [1.29, 1.82) is 5.26 Å². The van der Waals surface area contributed by atoms with Crippen molar-refractivity contribution in [3.05, 3.63) is 68.9 Å². The molecule has 0 aliphatic carbocycles. The Balaban J connectivity index is 1.67. The molecule has 176 valence electrons. The first-order valence-electron chi connectivity index (χ1n) is 10.7. The van der Waals surface area contributed by atoms with Gasteiger partial charge in [0.15, 0.2) is 6.61 Å². The summed E-state index contributed by atoms with van der Waals surface area (Å²) in [4.78, 5) is 22.7. The zero-order valence-electron chi connectivity index (χ0n) is 19.4. The van der Waals surface area contributed by atoms with Gasteiger partial charge < -0.3 is 13.7 Å². The number of aryl methyl sites for hydroxylation is 1. The van der Waals surface area contributed by atoms with Gasteiger partial charge in [0, 0.05) is 35.6 Å². The lowest BCUT2D eigenvalue weighted by Crippen LogP contribution is -2.07. The molecule has 10 nitrogen and oxygen atoms in total. The van der Waals surface area contributed by atoms with E-state index in [-0.39, 0.29) is 29.6 Å². The summed E-state index contributed by atoms with van der Waals surface area (Å²) in [7, 11) is 0. The largest absolute Gasteiger partial charge is 0.451 e. The number of carbonyl (C=O) groups excluding carboxylic acids is 1. The maximum atomic E-state index is 12.5. The van der Waals surface area contributed by atoms with Crippen molar-refractivity contribution in [3.8, 4) is 17.5 Å². The fourth-order valence-electron chi connectivity index (χ4n) is 3.36. The Morgan fingerprint density at radius 3 is 2.62 bits per heavy atom. The van der Waals surface area contributed by atoms with E-state index in [4.69, 9.17) is 9.15 Å². The van der Waals surface area contributed by atoms with Gasteiger partial charge in [0.05, 0.1) is 4.92 Å². The lowest BCUT2D eigenvalue weighted by molar-refractivity contribution is -0.384. The summed E-state index contributed by atoms with van der Waals surface area (Å²) in [5.74, 6) is -0.0725. The number of non-ortho nitro benzene ring substituents is 1. The van der Waals surface area contributed by atoms with Crippen LogP contribution in [0.3, 0.4) is 0 Å². The lowest BCUT2D eigenvalue weighted by atomic mass is 10.1. The first-order chi connectivity index (χ1) is 16.2. The molecule has 10 heteroatoms. The highest BCUT2D eigenvalue weighted by atomic mass is 16.6. The second-order valence-corrected chi connectivity index (χ2v) is 8.21. The minimum Gasteiger partial charge on any atom is -0.451 e. The summed E-state index contributed by atoms with van der Waals surface area (Å²) in [5, 5.41) is 27.9. The third kappa shape index (κ3) is 5.75. The van der Waals surface area contributed by atoms with Crippen molar-refractivity contribution in [2.75, 3.05) is 0 Å². The van der Waals surface area contributed by atoms with Crippen molar-refractivity contribution >= 4 is 17.7 Å². The Bertz CT molecular complexity index is 1260. The van der Waals surface area contributed by atoms with Gasteiger partial charge in [0.2, 0.25) is 5.89 Å². The average Bonchev–Trinajstić information content (AvgIpc) is 3.38. The fraction of sp³-hybridized carbons (Fsp3) is 0.333. The summed E-state index contributed by atoms with van der Waals surface area (Å²) >= 11 is 0. The predicted octanol–water partition coefficient (Wildman–Crippen LogP) is 4.76. The maximum absolute atomic E-state index is 12.5. The zero-order valence-corrected chi connectivity index (χ0v) is 19.4. The van der Waals surface area contributed by atoms with Crippen LogP contribution in [0.25, 0.3) is 17.5 Å². The number of aromatic nitrogens is 3. The molecule has 0 saturated heterocycles. The molecule has 0 aliphatic heterocycles. The number of nitriles is 1. The van der Waals surface area contributed by atoms with E-state index in [0.717, 1.165) is 29.9 Å². The summed E-state index contributed by atoms with van der Waals surface area (Å²) in [6.07, 6.45) is 2.55. The number of benzene rings is 1. The van der Waals surface area contributed by atoms with Crippen molar-refractivity contribution in [3.63, 3.8) is 0 Å². The third-order valence-electron chi connectivity index (χ3n) is 5.30. The molecule has 0 amide bonds. The van der Waals surface area contributed by atoms with E-state index >= 15 is 0 Å². The standard InChI is InChI=1S/C24H25N5O5/c1-15(2)9-10-28-16(3)11-19(17(28)4)12-20(13-25)24(30)33-14-22-26-27-23(34-22)18-5-7-21(8-6-18)29(31)32/h5-8,11-12,15H,9-10,14H2,1-4H3/b20-12+. The van der Waals surface area contributed by atoms with E-state index in [2.05, 4.69) is 28.6 Å². The summed E-state index contributed by atoms with van der Waals surface area (Å²) in [6, 6.07) is 9.44. The quantitative estimate of drug-likeness (QED) is 0.146. The minimum atomic E-state index is -0.801. The molecule has 0 bridgehead atoms. The molecule has 0 aliphatic rings. The highest BCUT2D eigenvalue weighted by molar-refractivity contribution is 5.98. The highest BCUT2D eigenvalue weighted by Crippen LogP contribution is 2.22. The summed E-state index contributed by atoms with van der Waals surface area (Å²) < 4.78 is 12.8. The van der Waals surface area contributed by atoms with Crippen LogP contribution in [0.2, 0.25) is 0 Å². The monoisotopic (exact) mass is 463 g/mol. The SMILES string of the molecule is Cc1cc(/C=C(\C#N)C(=O)OCc2nnc(-c3ccc([N+](=O)[O-])cc3)o2)c(C)n1CCC(C)C. The molecule has 34 heavy (non-hydrogen) atoms. The van der Waals surface area contributed by atoms with Gasteiger partial charge >= 0.3 is 5.97 Å². The molecule has 2 aromatic heterocycles. The van der Waals surface area contributed by atoms with Crippen molar-refractivity contribution in [1.82, 2.24) is 14.8 Å². The number of hydrogen-bond donors (Lipinski definition) is 0. The van der Waals surface area contributed by atoms with Crippen molar-refractivity contribution < 1.29 is 18.9 Å². The number of nitro groups is 1. The van der Waals surface area contributed by atoms with E-state index in [0.29, 0.717) is 11.5 Å². The van der Waals surface area contributed by atoms with Gasteiger partial charge in [-0.3, -0.25) is 10.1 Å². The molecular formula is C24H25N5O5. The number of nitrogens with zero attached hydrogens (tertiary/aromatic N) is 5. The van der Waals surface area contributed by atoms with Crippen LogP contribution < -0.4 is 0 Å². The van der Waals surface area contributed by atoms with Gasteiger partial charge in [-0.2, -0.15) is 5.26 Å². The van der Waals surface area contributed by atoms with Crippen LogP contribution in [-0.4, -0.2) is 25.7 Å². The summed E-state index contributed by atoms with van der Waals surface area (Å²) in [6.45, 7) is 8.83. The van der Waals surface area contributed by atoms with Crippen LogP contribution >= 0.6 is 0 Å². The minimum absolute atomic E-state index is 0.0332. The third-order valence-corrected chi connectivity index (χ3v) is 5.30. The van der Waals surface area contributed by atoms with E-state index in [1.54, 1.807) is 0 Å². The molecule has 0 spiro atoms. The number of nitro benzene ring substituents is 1. The second kappa shape index (κ2) is 10.6. The zero-order chi connectivity index (χ0) is 24.8. The van der Waals surface area contributed by atoms with Crippen LogP contribution in [0.1, 0.15) is 43.1 Å². The molecular weight excluding hydrogens is 438 g/mol. The van der Waals surface area contributed by atoms with Crippen LogP contribution in [0, 0.1) is 41.2 Å². The first-order valence-corrected chi connectivity index (χ1v) is 10.7. The Labute approximate surface area is 196 Å². The fourth-order valence-corrected chi connectivity index (χ4v) is 3.36. The molecule has 0 fully saturated rings. The highest BCUT2D eigenvalue weighted by Gasteiger charge is 2.17. The Morgan fingerprint density at radius 1 is 1.29 bits per heavy atom. The van der Waals surface area contributed by atoms with Crippen LogP contribution in [0.4, 0.5) is 5.69 Å². The Hall–Kier alpha value is -4.26. The van der Waals surface area contributed by atoms with Gasteiger partial charge in [-0.25, -0.2) is 4.79 Å². The van der Waals surface area contributed by atoms with E-state index in [1.165, 1.54) is 30.3 Å². The van der Waals surface area contributed by atoms with E-state index in [1.807, 2.05) is 26.0 Å². The molecule has 3 aromatic rings. The molecule has 0 N–H and O–H groups in total. The van der Waals surface area contributed by atoms with Gasteiger partial charge in [0.25, 0.3) is 11.6 Å². The van der Waals surface area contributed by atoms with E-state index < -0.39 is 10.9 Å². The molecule has 0 radical (unpaired) electrons. The average molecular weight is 463 g/mol. The number of ether oxygens (including phenoxy) is 1. The van der Waals surface area contributed by atoms with Gasteiger partial charge in [-0.05, 0) is 56.0 Å². The summed E-state index contributed by atoms with van der Waals surface area (Å²) in [5.41, 5.74) is 3.10. The van der Waals surface area contributed by atoms with Crippen molar-refractivity contribution in [2.24, 2.45) is 5.92 Å². The molecule has 3 rings (SSSR count). The number of rotatable bonds is 9. The smallest absolute Gasteiger partial charge is 0.349 e. The van der Waals surface area contributed by atoms with E-state index in [9.17, 15) is 20.2 Å². The Morgan fingerprint density at radius 2 is 2.00 bits per heavy atom. The lowest BCUT2D eigenvalue weighted by Gasteiger charge is -2.11. The van der Waals surface area contributed by atoms with Gasteiger partial charge in [-0.15, -0.1) is 10.2 Å². The molecule has 0 saturated carbocycles. The van der Waals surface area contributed by atoms with Crippen LogP contribution in [0.15, 0.2) is 40.3 Å². The molecule has 1 aromatic carbocycles. The molecule has 2 heterocycles. The topological polar surface area (TPSA) is 137 Å². The number of esters is 1. The maximum Gasteiger partial charge on any atom is 0.349 e. The van der Waals surface area contributed by atoms with Gasteiger partial charge in [0.1, 0.15) is 11.6 Å². The molecule has 0 atom stereocenters. The predicted molar refractivity (Wildman–Crippen MR) is 123 cm³/mol. The second-order valence-electron chi connectivity index (χ2n) is 8.21. The Kier molecular flexibility index (Phi) is 7.58. The number of hydrogen-bond acceptors (Lipinski definition) is 8. The molecule has 0 unspecified atom stereocenters. The van der Waals surface area contributed by atoms with Crippen LogP contribution in [-0.2, 0) is 22.7 Å².